The summed E-state index contributed by atoms with van der Waals surface area (Å²) < 4.78 is 4.79. The van der Waals surface area contributed by atoms with Gasteiger partial charge >= 0.3 is 5.97 Å². The van der Waals surface area contributed by atoms with Crippen LogP contribution in [0.4, 0.5) is 17.2 Å². The zero-order valence-electron chi connectivity index (χ0n) is 12.5. The number of aromatic nitrogens is 1. The second-order valence-corrected chi connectivity index (χ2v) is 4.71. The zero-order valence-corrected chi connectivity index (χ0v) is 12.5. The first-order chi connectivity index (χ1) is 10.1. The van der Waals surface area contributed by atoms with Crippen molar-refractivity contribution in [1.82, 2.24) is 4.98 Å². The van der Waals surface area contributed by atoms with Crippen LogP contribution in [0.25, 0.3) is 0 Å². The molecule has 1 aromatic heterocycles. The van der Waals surface area contributed by atoms with E-state index in [0.29, 0.717) is 17.1 Å². The van der Waals surface area contributed by atoms with Crippen LogP contribution < -0.4 is 10.6 Å². The van der Waals surface area contributed by atoms with Crippen molar-refractivity contribution >= 4 is 23.2 Å². The number of pyridine rings is 1. The molecular weight excluding hydrogens is 266 g/mol. The number of nitrogens with two attached hydrogens (primary N) is 1. The lowest BCUT2D eigenvalue weighted by Crippen LogP contribution is -2.17. The maximum absolute atomic E-state index is 11.9. The van der Waals surface area contributed by atoms with Crippen LogP contribution in [0.3, 0.4) is 0 Å². The predicted molar refractivity (Wildman–Crippen MR) is 83.9 cm³/mol. The summed E-state index contributed by atoms with van der Waals surface area (Å²) in [6.07, 6.45) is 2.51. The number of rotatable bonds is 4. The van der Waals surface area contributed by atoms with Crippen LogP contribution in [0.1, 0.15) is 22.8 Å². The Morgan fingerprint density at radius 3 is 2.57 bits per heavy atom. The van der Waals surface area contributed by atoms with Crippen LogP contribution in [-0.4, -0.2) is 25.1 Å². The van der Waals surface area contributed by atoms with Gasteiger partial charge in [-0.2, -0.15) is 0 Å². The van der Waals surface area contributed by atoms with E-state index in [4.69, 9.17) is 10.5 Å². The summed E-state index contributed by atoms with van der Waals surface area (Å²) in [5, 5.41) is 0. The van der Waals surface area contributed by atoms with Crippen molar-refractivity contribution in [2.24, 2.45) is 0 Å². The molecule has 0 aliphatic heterocycles. The van der Waals surface area contributed by atoms with Gasteiger partial charge in [-0.05, 0) is 30.2 Å². The van der Waals surface area contributed by atoms with E-state index in [-0.39, 0.29) is 0 Å². The number of hydrogen-bond acceptors (Lipinski definition) is 5. The lowest BCUT2D eigenvalue weighted by Gasteiger charge is -2.21. The first-order valence-electron chi connectivity index (χ1n) is 6.73. The number of carbonyl (C=O) groups is 1. The third-order valence-electron chi connectivity index (χ3n) is 3.34. The summed E-state index contributed by atoms with van der Waals surface area (Å²) in [5.41, 5.74) is 8.67. The van der Waals surface area contributed by atoms with E-state index in [1.54, 1.807) is 6.07 Å². The molecular formula is C16H19N3O2. The Bertz CT molecular complexity index is 638. The lowest BCUT2D eigenvalue weighted by molar-refractivity contribution is 0.0601. The molecule has 0 atom stereocenters. The van der Waals surface area contributed by atoms with E-state index in [1.807, 2.05) is 24.1 Å². The number of anilines is 3. The van der Waals surface area contributed by atoms with Crippen LogP contribution in [-0.2, 0) is 11.2 Å². The lowest BCUT2D eigenvalue weighted by atomic mass is 10.1. The van der Waals surface area contributed by atoms with Crippen molar-refractivity contribution in [1.29, 1.82) is 0 Å². The molecule has 1 heterocycles. The molecule has 21 heavy (non-hydrogen) atoms. The number of ether oxygens (including phenoxy) is 1. The van der Waals surface area contributed by atoms with Gasteiger partial charge in [-0.25, -0.2) is 9.78 Å². The van der Waals surface area contributed by atoms with Crippen molar-refractivity contribution in [2.45, 2.75) is 13.3 Å². The minimum atomic E-state index is -0.457. The molecule has 0 fully saturated rings. The molecule has 0 saturated carbocycles. The van der Waals surface area contributed by atoms with Crippen LogP contribution in [0, 0.1) is 0 Å². The van der Waals surface area contributed by atoms with Crippen LogP contribution in [0.15, 0.2) is 36.5 Å². The normalized spacial score (nSPS) is 10.2. The number of nitrogen functional groups attached to an aromatic ring is 1. The van der Waals surface area contributed by atoms with Crippen molar-refractivity contribution in [3.05, 3.63) is 47.7 Å². The Hall–Kier alpha value is -2.56. The molecule has 0 amide bonds. The highest BCUT2D eigenvalue weighted by Crippen LogP contribution is 2.27. The SMILES string of the molecule is CCc1ccc(N(C)c2ncc(N)cc2C(=O)OC)cc1. The van der Waals surface area contributed by atoms with E-state index >= 15 is 0 Å². The Morgan fingerprint density at radius 1 is 1.33 bits per heavy atom. The van der Waals surface area contributed by atoms with Gasteiger partial charge in [-0.15, -0.1) is 0 Å². The first kappa shape index (κ1) is 14.8. The fourth-order valence-electron chi connectivity index (χ4n) is 2.08. The molecule has 110 valence electrons. The summed E-state index contributed by atoms with van der Waals surface area (Å²) in [6, 6.07) is 9.68. The number of esters is 1. The minimum absolute atomic E-state index is 0.347. The molecule has 2 rings (SSSR count). The van der Waals surface area contributed by atoms with E-state index in [9.17, 15) is 4.79 Å². The molecule has 0 bridgehead atoms. The van der Waals surface area contributed by atoms with Crippen LogP contribution in [0.2, 0.25) is 0 Å². The number of methoxy groups -OCH3 is 1. The monoisotopic (exact) mass is 285 g/mol. The Morgan fingerprint density at radius 2 is 2.00 bits per heavy atom. The third-order valence-corrected chi connectivity index (χ3v) is 3.34. The molecule has 0 radical (unpaired) electrons. The van der Waals surface area contributed by atoms with Gasteiger partial charge < -0.3 is 15.4 Å². The maximum Gasteiger partial charge on any atom is 0.341 e. The third kappa shape index (κ3) is 3.13. The Balaban J connectivity index is 2.42. The fraction of sp³-hybridized carbons (Fsp3) is 0.250. The summed E-state index contributed by atoms with van der Waals surface area (Å²) in [6.45, 7) is 2.11. The van der Waals surface area contributed by atoms with E-state index < -0.39 is 5.97 Å². The first-order valence-corrected chi connectivity index (χ1v) is 6.73. The topological polar surface area (TPSA) is 68.5 Å². The van der Waals surface area contributed by atoms with Gasteiger partial charge in [0.1, 0.15) is 11.4 Å². The number of benzene rings is 1. The van der Waals surface area contributed by atoms with Gasteiger partial charge in [0, 0.05) is 12.7 Å². The van der Waals surface area contributed by atoms with E-state index in [0.717, 1.165) is 12.1 Å². The number of hydrogen-bond donors (Lipinski definition) is 1. The predicted octanol–water partition coefficient (Wildman–Crippen LogP) is 2.78. The van der Waals surface area contributed by atoms with Gasteiger partial charge in [-0.1, -0.05) is 19.1 Å². The van der Waals surface area contributed by atoms with E-state index in [2.05, 4.69) is 24.0 Å². The van der Waals surface area contributed by atoms with Crippen molar-refractivity contribution in [2.75, 3.05) is 24.8 Å². The minimum Gasteiger partial charge on any atom is -0.465 e. The average Bonchev–Trinajstić information content (AvgIpc) is 2.53. The van der Waals surface area contributed by atoms with E-state index in [1.165, 1.54) is 18.9 Å². The quantitative estimate of drug-likeness (QED) is 0.875. The Kier molecular flexibility index (Phi) is 4.42. The largest absolute Gasteiger partial charge is 0.465 e. The van der Waals surface area contributed by atoms with Crippen LogP contribution >= 0.6 is 0 Å². The molecule has 0 saturated heterocycles. The summed E-state index contributed by atoms with van der Waals surface area (Å²) in [5.74, 6) is 0.0575. The van der Waals surface area contributed by atoms with Gasteiger partial charge in [0.05, 0.1) is 19.0 Å². The second-order valence-electron chi connectivity index (χ2n) is 4.71. The van der Waals surface area contributed by atoms with Crippen molar-refractivity contribution < 1.29 is 9.53 Å². The van der Waals surface area contributed by atoms with Crippen LogP contribution in [0.5, 0.6) is 0 Å². The van der Waals surface area contributed by atoms with Gasteiger partial charge in [0.15, 0.2) is 0 Å². The van der Waals surface area contributed by atoms with Crippen molar-refractivity contribution in [3.8, 4) is 0 Å². The smallest absolute Gasteiger partial charge is 0.341 e. The fourth-order valence-corrected chi connectivity index (χ4v) is 2.08. The summed E-state index contributed by atoms with van der Waals surface area (Å²) >= 11 is 0. The molecule has 0 unspecified atom stereocenters. The highest BCUT2D eigenvalue weighted by molar-refractivity contribution is 5.96. The van der Waals surface area contributed by atoms with Gasteiger partial charge in [0.25, 0.3) is 0 Å². The molecule has 0 aliphatic rings. The van der Waals surface area contributed by atoms with Gasteiger partial charge in [-0.3, -0.25) is 0 Å². The average molecular weight is 285 g/mol. The molecule has 5 heteroatoms. The molecule has 2 N–H and O–H groups in total. The van der Waals surface area contributed by atoms with Gasteiger partial charge in [0.2, 0.25) is 0 Å². The molecule has 0 aliphatic carbocycles. The number of aryl methyl sites for hydroxylation is 1. The maximum atomic E-state index is 11.9. The Labute approximate surface area is 124 Å². The molecule has 5 nitrogen and oxygen atoms in total. The molecule has 2 aromatic rings. The summed E-state index contributed by atoms with van der Waals surface area (Å²) in [7, 11) is 3.19. The zero-order chi connectivity index (χ0) is 15.4. The second kappa shape index (κ2) is 6.26. The highest BCUT2D eigenvalue weighted by Gasteiger charge is 2.18. The van der Waals surface area contributed by atoms with Crippen molar-refractivity contribution in [3.63, 3.8) is 0 Å². The highest BCUT2D eigenvalue weighted by atomic mass is 16.5. The summed E-state index contributed by atoms with van der Waals surface area (Å²) in [4.78, 5) is 18.0. The standard InChI is InChI=1S/C16H19N3O2/c1-4-11-5-7-13(8-6-11)19(2)15-14(16(20)21-3)9-12(17)10-18-15/h5-10H,4,17H2,1-3H3. The molecule has 0 spiro atoms. The molecule has 1 aromatic carbocycles. The number of nitrogens with zero attached hydrogens (tertiary/aromatic N) is 2. The number of carbonyl (C=O) groups excluding carboxylic acids is 1.